The highest BCUT2D eigenvalue weighted by Crippen LogP contribution is 2.49. The monoisotopic (exact) mass is 264 g/mol. The third-order valence-electron chi connectivity index (χ3n) is 4.09. The maximum atomic E-state index is 11.8. The summed E-state index contributed by atoms with van der Waals surface area (Å²) < 4.78 is 10.7. The highest BCUT2D eigenvalue weighted by atomic mass is 16.7. The summed E-state index contributed by atoms with van der Waals surface area (Å²) in [5.74, 6) is 0.0734. The van der Waals surface area contributed by atoms with Crippen LogP contribution in [0, 0.1) is 0 Å². The van der Waals surface area contributed by atoms with Gasteiger partial charge in [-0.15, -0.1) is 0 Å². The first-order chi connectivity index (χ1) is 9.13. The van der Waals surface area contributed by atoms with Crippen LogP contribution in [0.1, 0.15) is 37.7 Å². The van der Waals surface area contributed by atoms with Crippen molar-refractivity contribution in [2.24, 2.45) is 0 Å². The van der Waals surface area contributed by atoms with Crippen molar-refractivity contribution in [3.05, 3.63) is 17.7 Å². The first-order valence-corrected chi connectivity index (χ1v) is 6.50. The Bertz CT molecular complexity index is 517. The lowest BCUT2D eigenvalue weighted by Crippen LogP contribution is -2.38. The molecule has 5 nitrogen and oxygen atoms in total. The van der Waals surface area contributed by atoms with E-state index in [4.69, 9.17) is 9.47 Å². The smallest absolute Gasteiger partial charge is 0.314 e. The van der Waals surface area contributed by atoms with Crippen molar-refractivity contribution in [2.45, 2.75) is 37.5 Å². The van der Waals surface area contributed by atoms with Crippen molar-refractivity contribution in [1.82, 2.24) is 0 Å². The molecule has 5 heteroatoms. The van der Waals surface area contributed by atoms with E-state index in [9.17, 15) is 15.0 Å². The van der Waals surface area contributed by atoms with Crippen molar-refractivity contribution in [1.29, 1.82) is 0 Å². The number of carboxylic acids is 1. The number of hydrogen-bond donors (Lipinski definition) is 2. The Morgan fingerprint density at radius 3 is 2.58 bits per heavy atom. The van der Waals surface area contributed by atoms with Crippen LogP contribution in [0.2, 0.25) is 0 Å². The van der Waals surface area contributed by atoms with Gasteiger partial charge in [0, 0.05) is 11.6 Å². The first-order valence-electron chi connectivity index (χ1n) is 6.50. The second kappa shape index (κ2) is 4.33. The van der Waals surface area contributed by atoms with Crippen LogP contribution < -0.4 is 9.47 Å². The Balaban J connectivity index is 2.16. The lowest BCUT2D eigenvalue weighted by molar-refractivity contribution is -0.145. The quantitative estimate of drug-likeness (QED) is 0.857. The van der Waals surface area contributed by atoms with Crippen molar-refractivity contribution < 1.29 is 24.5 Å². The van der Waals surface area contributed by atoms with Crippen molar-refractivity contribution in [3.63, 3.8) is 0 Å². The molecule has 0 atom stereocenters. The van der Waals surface area contributed by atoms with Gasteiger partial charge in [-0.1, -0.05) is 19.3 Å². The molecule has 1 aromatic rings. The molecule has 1 fully saturated rings. The Morgan fingerprint density at radius 1 is 1.16 bits per heavy atom. The number of aromatic hydroxyl groups is 1. The van der Waals surface area contributed by atoms with Crippen LogP contribution >= 0.6 is 0 Å². The van der Waals surface area contributed by atoms with Crippen LogP contribution in [0.4, 0.5) is 0 Å². The van der Waals surface area contributed by atoms with Gasteiger partial charge in [-0.3, -0.25) is 4.79 Å². The zero-order chi connectivity index (χ0) is 13.5. The van der Waals surface area contributed by atoms with E-state index in [1.165, 1.54) is 12.1 Å². The average Bonchev–Trinajstić information content (AvgIpc) is 2.86. The second-order valence-corrected chi connectivity index (χ2v) is 5.18. The predicted octanol–water partition coefficient (Wildman–Crippen LogP) is 2.41. The largest absolute Gasteiger partial charge is 0.508 e. The summed E-state index contributed by atoms with van der Waals surface area (Å²) in [5, 5.41) is 19.5. The molecule has 0 spiro atoms. The van der Waals surface area contributed by atoms with Gasteiger partial charge in [-0.25, -0.2) is 0 Å². The molecule has 1 aromatic carbocycles. The Labute approximate surface area is 110 Å². The number of phenols is 1. The van der Waals surface area contributed by atoms with E-state index in [2.05, 4.69) is 0 Å². The number of phenolic OH excluding ortho intramolecular Hbond substituents is 1. The van der Waals surface area contributed by atoms with Gasteiger partial charge in [0.15, 0.2) is 11.5 Å². The molecule has 0 amide bonds. The second-order valence-electron chi connectivity index (χ2n) is 5.18. The van der Waals surface area contributed by atoms with Crippen LogP contribution in [0.3, 0.4) is 0 Å². The molecule has 0 saturated heterocycles. The fraction of sp³-hybridized carbons (Fsp3) is 0.500. The van der Waals surface area contributed by atoms with E-state index in [1.807, 2.05) is 0 Å². The van der Waals surface area contributed by atoms with E-state index in [0.29, 0.717) is 29.9 Å². The number of fused-ring (bicyclic) bond motifs is 1. The number of aliphatic carboxylic acids is 1. The minimum absolute atomic E-state index is 0.0189. The van der Waals surface area contributed by atoms with Crippen LogP contribution in [-0.4, -0.2) is 23.0 Å². The summed E-state index contributed by atoms with van der Waals surface area (Å²) in [6.45, 7) is 0.0709. The standard InChI is InChI=1S/C14H16O5/c15-9-6-10(12-11(7-9)18-8-19-12)14(13(16)17)4-2-1-3-5-14/h6-7,15H,1-5,8H2,(H,16,17). The number of hydrogen-bond acceptors (Lipinski definition) is 4. The average molecular weight is 264 g/mol. The maximum Gasteiger partial charge on any atom is 0.314 e. The maximum absolute atomic E-state index is 11.8. The number of ether oxygens (including phenoxy) is 2. The summed E-state index contributed by atoms with van der Waals surface area (Å²) in [6, 6.07) is 2.97. The van der Waals surface area contributed by atoms with Gasteiger partial charge in [0.2, 0.25) is 6.79 Å². The fourth-order valence-corrected chi connectivity index (χ4v) is 3.10. The molecule has 1 aliphatic carbocycles. The Morgan fingerprint density at radius 2 is 1.89 bits per heavy atom. The predicted molar refractivity (Wildman–Crippen MR) is 66.6 cm³/mol. The molecule has 2 aliphatic rings. The summed E-state index contributed by atoms with van der Waals surface area (Å²) in [4.78, 5) is 11.8. The molecule has 19 heavy (non-hydrogen) atoms. The lowest BCUT2D eigenvalue weighted by Gasteiger charge is -2.34. The molecular formula is C14H16O5. The SMILES string of the molecule is O=C(O)C1(c2cc(O)cc3c2OCO3)CCCCC1. The van der Waals surface area contributed by atoms with E-state index < -0.39 is 11.4 Å². The van der Waals surface area contributed by atoms with Gasteiger partial charge < -0.3 is 19.7 Å². The van der Waals surface area contributed by atoms with Gasteiger partial charge in [0.1, 0.15) is 5.75 Å². The normalized spacial score (nSPS) is 20.2. The third kappa shape index (κ3) is 1.80. The van der Waals surface area contributed by atoms with Crippen LogP contribution in [0.25, 0.3) is 0 Å². The highest BCUT2D eigenvalue weighted by Gasteiger charge is 2.45. The van der Waals surface area contributed by atoms with E-state index in [-0.39, 0.29) is 12.5 Å². The van der Waals surface area contributed by atoms with Crippen molar-refractivity contribution in [3.8, 4) is 17.2 Å². The van der Waals surface area contributed by atoms with Crippen molar-refractivity contribution >= 4 is 5.97 Å². The molecule has 0 radical (unpaired) electrons. The van der Waals surface area contributed by atoms with E-state index in [1.54, 1.807) is 0 Å². The molecule has 3 rings (SSSR count). The number of carbonyl (C=O) groups is 1. The van der Waals surface area contributed by atoms with Gasteiger partial charge in [-0.05, 0) is 18.9 Å². The minimum Gasteiger partial charge on any atom is -0.508 e. The molecule has 1 aliphatic heterocycles. The van der Waals surface area contributed by atoms with E-state index in [0.717, 1.165) is 19.3 Å². The third-order valence-corrected chi connectivity index (χ3v) is 4.09. The molecule has 1 saturated carbocycles. The fourth-order valence-electron chi connectivity index (χ4n) is 3.10. The lowest BCUT2D eigenvalue weighted by atomic mass is 9.69. The first kappa shape index (κ1) is 12.1. The Hall–Kier alpha value is -1.91. The van der Waals surface area contributed by atoms with Crippen molar-refractivity contribution in [2.75, 3.05) is 6.79 Å². The number of rotatable bonds is 2. The topological polar surface area (TPSA) is 76.0 Å². The van der Waals surface area contributed by atoms with Gasteiger partial charge in [-0.2, -0.15) is 0 Å². The van der Waals surface area contributed by atoms with Crippen LogP contribution in [-0.2, 0) is 10.2 Å². The molecule has 2 N–H and O–H groups in total. The summed E-state index contributed by atoms with van der Waals surface area (Å²) >= 11 is 0. The van der Waals surface area contributed by atoms with Crippen LogP contribution in [0.5, 0.6) is 17.2 Å². The van der Waals surface area contributed by atoms with Gasteiger partial charge in [0.25, 0.3) is 0 Å². The molecule has 0 bridgehead atoms. The minimum atomic E-state index is -0.964. The molecule has 102 valence electrons. The Kier molecular flexibility index (Phi) is 2.77. The summed E-state index contributed by atoms with van der Waals surface area (Å²) in [7, 11) is 0. The molecule has 1 heterocycles. The molecule has 0 unspecified atom stereocenters. The zero-order valence-electron chi connectivity index (χ0n) is 10.5. The molecular weight excluding hydrogens is 248 g/mol. The number of carboxylic acid groups (broad SMARTS) is 1. The zero-order valence-corrected chi connectivity index (χ0v) is 10.5. The molecule has 0 aromatic heterocycles. The summed E-state index contributed by atoms with van der Waals surface area (Å²) in [6.07, 6.45) is 3.94. The number of benzene rings is 1. The summed E-state index contributed by atoms with van der Waals surface area (Å²) in [5.41, 5.74) is -0.415. The van der Waals surface area contributed by atoms with Gasteiger partial charge in [0.05, 0.1) is 5.41 Å². The van der Waals surface area contributed by atoms with E-state index >= 15 is 0 Å². The van der Waals surface area contributed by atoms with Gasteiger partial charge >= 0.3 is 5.97 Å². The van der Waals surface area contributed by atoms with Crippen LogP contribution in [0.15, 0.2) is 12.1 Å². The highest BCUT2D eigenvalue weighted by molar-refractivity contribution is 5.83.